The van der Waals surface area contributed by atoms with Gasteiger partial charge in [-0.25, -0.2) is 0 Å². The molecule has 0 aliphatic carbocycles. The molecule has 1 amide bonds. The monoisotopic (exact) mass is 278 g/mol. The van der Waals surface area contributed by atoms with E-state index in [0.29, 0.717) is 19.1 Å². The van der Waals surface area contributed by atoms with Crippen LogP contribution in [0.2, 0.25) is 0 Å². The number of carbonyl (C=O) groups excluding carboxylic acids is 1. The van der Waals surface area contributed by atoms with Crippen molar-refractivity contribution in [1.29, 1.82) is 0 Å². The van der Waals surface area contributed by atoms with Crippen molar-refractivity contribution in [3.05, 3.63) is 23.8 Å². The maximum atomic E-state index is 12.5. The molecule has 0 spiro atoms. The van der Waals surface area contributed by atoms with E-state index in [1.165, 1.54) is 18.2 Å². The Morgan fingerprint density at radius 3 is 2.90 bits per heavy atom. The zero-order chi connectivity index (χ0) is 14.5. The van der Waals surface area contributed by atoms with Crippen molar-refractivity contribution in [3.8, 4) is 11.5 Å². The molecule has 20 heavy (non-hydrogen) atoms. The summed E-state index contributed by atoms with van der Waals surface area (Å²) in [6.07, 6.45) is 3.06. The lowest BCUT2D eigenvalue weighted by atomic mass is 10.1. The third kappa shape index (κ3) is 3.42. The first-order valence-corrected chi connectivity index (χ1v) is 7.16. The zero-order valence-corrected chi connectivity index (χ0v) is 11.8. The summed E-state index contributed by atoms with van der Waals surface area (Å²) in [5.74, 6) is -0.330. The molecule has 110 valence electrons. The number of rotatable bonds is 5. The summed E-state index contributed by atoms with van der Waals surface area (Å²) >= 11 is 0. The molecule has 1 aromatic carbocycles. The van der Waals surface area contributed by atoms with Crippen LogP contribution in [0.5, 0.6) is 11.5 Å². The zero-order valence-electron chi connectivity index (χ0n) is 11.8. The Morgan fingerprint density at radius 2 is 2.25 bits per heavy atom. The molecule has 1 saturated heterocycles. The molecule has 1 aliphatic heterocycles. The molecule has 0 radical (unpaired) electrons. The van der Waals surface area contributed by atoms with Crippen LogP contribution in [0.25, 0.3) is 0 Å². The van der Waals surface area contributed by atoms with Crippen LogP contribution < -0.4 is 5.32 Å². The fraction of sp³-hybridized carbons (Fsp3) is 0.533. The molecule has 0 bridgehead atoms. The summed E-state index contributed by atoms with van der Waals surface area (Å²) in [6, 6.07) is 4.36. The highest BCUT2D eigenvalue weighted by atomic mass is 16.3. The summed E-state index contributed by atoms with van der Waals surface area (Å²) in [6.45, 7) is 4.30. The Labute approximate surface area is 119 Å². The fourth-order valence-corrected chi connectivity index (χ4v) is 2.59. The second kappa shape index (κ2) is 6.61. The predicted octanol–water partition coefficient (Wildman–Crippen LogP) is 1.70. The molecule has 2 rings (SSSR count). The quantitative estimate of drug-likeness (QED) is 0.717. The molecule has 1 fully saturated rings. The number of benzene rings is 1. The first kappa shape index (κ1) is 14.7. The number of phenols is 2. The van der Waals surface area contributed by atoms with Crippen molar-refractivity contribution in [2.45, 2.75) is 32.2 Å². The van der Waals surface area contributed by atoms with Gasteiger partial charge in [0, 0.05) is 19.1 Å². The number of hydrogen-bond acceptors (Lipinski definition) is 4. The minimum absolute atomic E-state index is 0.0124. The Kier molecular flexibility index (Phi) is 4.84. The van der Waals surface area contributed by atoms with Gasteiger partial charge in [0.15, 0.2) is 0 Å². The third-order valence-electron chi connectivity index (χ3n) is 3.59. The average molecular weight is 278 g/mol. The maximum absolute atomic E-state index is 12.5. The van der Waals surface area contributed by atoms with E-state index in [2.05, 4.69) is 5.32 Å². The minimum Gasteiger partial charge on any atom is -0.508 e. The van der Waals surface area contributed by atoms with Crippen LogP contribution in [0.1, 0.15) is 36.5 Å². The molecule has 1 unspecified atom stereocenters. The summed E-state index contributed by atoms with van der Waals surface area (Å²) in [5.41, 5.74) is 0.163. The minimum atomic E-state index is -0.228. The van der Waals surface area contributed by atoms with Crippen molar-refractivity contribution < 1.29 is 15.0 Å². The number of hydrogen-bond donors (Lipinski definition) is 3. The number of nitrogens with zero attached hydrogens (tertiary/aromatic N) is 1. The molecule has 0 aromatic heterocycles. The Hall–Kier alpha value is -1.75. The summed E-state index contributed by atoms with van der Waals surface area (Å²) in [7, 11) is 0. The number of aromatic hydroxyl groups is 2. The summed E-state index contributed by atoms with van der Waals surface area (Å²) in [4.78, 5) is 14.3. The second-order valence-corrected chi connectivity index (χ2v) is 5.25. The summed E-state index contributed by atoms with van der Waals surface area (Å²) < 4.78 is 0. The number of amides is 1. The highest BCUT2D eigenvalue weighted by molar-refractivity contribution is 5.97. The molecular formula is C15H22N2O3. The molecule has 1 heterocycles. The predicted molar refractivity (Wildman–Crippen MR) is 77.0 cm³/mol. The largest absolute Gasteiger partial charge is 0.508 e. The van der Waals surface area contributed by atoms with Gasteiger partial charge in [-0.1, -0.05) is 6.92 Å². The average Bonchev–Trinajstić information content (AvgIpc) is 2.93. The van der Waals surface area contributed by atoms with E-state index in [1.807, 2.05) is 6.92 Å². The van der Waals surface area contributed by atoms with Gasteiger partial charge in [-0.05, 0) is 44.0 Å². The van der Waals surface area contributed by atoms with Crippen molar-refractivity contribution in [3.63, 3.8) is 0 Å². The third-order valence-corrected chi connectivity index (χ3v) is 3.59. The van der Waals surface area contributed by atoms with E-state index < -0.39 is 0 Å². The number of nitrogens with one attached hydrogen (secondary N) is 1. The molecule has 5 heteroatoms. The smallest absolute Gasteiger partial charge is 0.257 e. The highest BCUT2D eigenvalue weighted by Gasteiger charge is 2.23. The first-order chi connectivity index (χ1) is 9.61. The lowest BCUT2D eigenvalue weighted by Gasteiger charge is -2.26. The van der Waals surface area contributed by atoms with Crippen LogP contribution in [-0.4, -0.2) is 46.7 Å². The Morgan fingerprint density at radius 1 is 1.45 bits per heavy atom. The summed E-state index contributed by atoms with van der Waals surface area (Å²) in [5, 5.41) is 22.7. The van der Waals surface area contributed by atoms with Crippen LogP contribution in [0, 0.1) is 0 Å². The van der Waals surface area contributed by atoms with Gasteiger partial charge in [-0.2, -0.15) is 0 Å². The maximum Gasteiger partial charge on any atom is 0.257 e. The molecule has 1 aromatic rings. The van der Waals surface area contributed by atoms with Crippen LogP contribution in [0.3, 0.4) is 0 Å². The lowest BCUT2D eigenvalue weighted by molar-refractivity contribution is 0.0738. The van der Waals surface area contributed by atoms with Crippen LogP contribution >= 0.6 is 0 Å². The van der Waals surface area contributed by atoms with Gasteiger partial charge in [-0.15, -0.1) is 0 Å². The van der Waals surface area contributed by atoms with Gasteiger partial charge in [-0.3, -0.25) is 4.79 Å². The normalized spacial score (nSPS) is 18.1. The van der Waals surface area contributed by atoms with Crippen LogP contribution in [0.15, 0.2) is 18.2 Å². The second-order valence-electron chi connectivity index (χ2n) is 5.25. The molecule has 5 nitrogen and oxygen atoms in total. The Balaban J connectivity index is 2.14. The van der Waals surface area contributed by atoms with Crippen molar-refractivity contribution in [1.82, 2.24) is 10.2 Å². The van der Waals surface area contributed by atoms with Gasteiger partial charge in [0.05, 0.1) is 5.56 Å². The first-order valence-electron chi connectivity index (χ1n) is 7.16. The van der Waals surface area contributed by atoms with Gasteiger partial charge >= 0.3 is 0 Å². The molecular weight excluding hydrogens is 256 g/mol. The van der Waals surface area contributed by atoms with Crippen LogP contribution in [-0.2, 0) is 0 Å². The van der Waals surface area contributed by atoms with E-state index >= 15 is 0 Å². The highest BCUT2D eigenvalue weighted by Crippen LogP contribution is 2.24. The van der Waals surface area contributed by atoms with Crippen molar-refractivity contribution >= 4 is 5.91 Å². The molecule has 3 N–H and O–H groups in total. The van der Waals surface area contributed by atoms with Gasteiger partial charge in [0.25, 0.3) is 5.91 Å². The van der Waals surface area contributed by atoms with Gasteiger partial charge in [0.1, 0.15) is 11.5 Å². The number of phenolic OH excluding ortho intramolecular Hbond substituents is 2. The molecule has 1 aliphatic rings. The standard InChI is InChI=1S/C15H22N2O3/c1-2-8-17(10-11-4-3-7-16-11)15(20)13-9-12(18)5-6-14(13)19/h5-6,9,11,16,18-19H,2-4,7-8,10H2,1H3. The van der Waals surface area contributed by atoms with E-state index in [9.17, 15) is 15.0 Å². The van der Waals surface area contributed by atoms with E-state index in [0.717, 1.165) is 25.8 Å². The van der Waals surface area contributed by atoms with E-state index in [4.69, 9.17) is 0 Å². The molecule has 0 saturated carbocycles. The topological polar surface area (TPSA) is 72.8 Å². The van der Waals surface area contributed by atoms with Crippen LogP contribution in [0.4, 0.5) is 0 Å². The van der Waals surface area contributed by atoms with E-state index in [1.54, 1.807) is 4.90 Å². The van der Waals surface area contributed by atoms with Crippen molar-refractivity contribution in [2.75, 3.05) is 19.6 Å². The van der Waals surface area contributed by atoms with Gasteiger partial charge in [0.2, 0.25) is 0 Å². The SMILES string of the molecule is CCCN(CC1CCCN1)C(=O)c1cc(O)ccc1O. The van der Waals surface area contributed by atoms with E-state index in [-0.39, 0.29) is 23.0 Å². The number of carbonyl (C=O) groups is 1. The fourth-order valence-electron chi connectivity index (χ4n) is 2.59. The van der Waals surface area contributed by atoms with Gasteiger partial charge < -0.3 is 20.4 Å². The van der Waals surface area contributed by atoms with Crippen molar-refractivity contribution in [2.24, 2.45) is 0 Å². The Bertz CT molecular complexity index is 470. The lowest BCUT2D eigenvalue weighted by Crippen LogP contribution is -2.41. The molecule has 1 atom stereocenters.